The molecule has 0 aromatic heterocycles. The molecule has 0 bridgehead atoms. The molecular weight excluding hydrogens is 424 g/mol. The van der Waals surface area contributed by atoms with Crippen molar-refractivity contribution in [2.45, 2.75) is 18.5 Å². The number of nitrogens with one attached hydrogen (secondary N) is 2. The van der Waals surface area contributed by atoms with Crippen LogP contribution in [0.3, 0.4) is 0 Å². The van der Waals surface area contributed by atoms with Crippen LogP contribution >= 0.6 is 0 Å². The lowest BCUT2D eigenvalue weighted by atomic mass is 10.0. The highest BCUT2D eigenvalue weighted by Gasteiger charge is 2.35. The molecule has 0 aliphatic carbocycles. The largest absolute Gasteiger partial charge is 0.493 e. The van der Waals surface area contributed by atoms with Gasteiger partial charge in [-0.1, -0.05) is 30.3 Å². The van der Waals surface area contributed by atoms with Crippen LogP contribution < -0.4 is 25.1 Å². The molecule has 2 heterocycles. The molecule has 9 heteroatoms. The van der Waals surface area contributed by atoms with Gasteiger partial charge >= 0.3 is 0 Å². The molecule has 2 aliphatic rings. The fourth-order valence-corrected chi connectivity index (χ4v) is 4.36. The Labute approximate surface area is 193 Å². The van der Waals surface area contributed by atoms with Gasteiger partial charge in [0.15, 0.2) is 11.5 Å². The van der Waals surface area contributed by atoms with E-state index >= 15 is 0 Å². The van der Waals surface area contributed by atoms with Crippen LogP contribution in [0.5, 0.6) is 17.2 Å². The molecule has 4 rings (SSSR count). The minimum Gasteiger partial charge on any atom is -0.493 e. The van der Waals surface area contributed by atoms with Gasteiger partial charge in [-0.15, -0.1) is 0 Å². The zero-order valence-corrected chi connectivity index (χ0v) is 19.2. The topological polar surface area (TPSA) is 92.4 Å². The number of ether oxygens (including phenoxy) is 3. The number of amides is 2. The van der Waals surface area contributed by atoms with E-state index in [1.807, 2.05) is 23.1 Å². The van der Waals surface area contributed by atoms with Gasteiger partial charge in [-0.2, -0.15) is 0 Å². The molecule has 2 amide bonds. The lowest BCUT2D eigenvalue weighted by Crippen LogP contribution is -2.54. The summed E-state index contributed by atoms with van der Waals surface area (Å²) in [4.78, 5) is 29.7. The second kappa shape index (κ2) is 10.1. The number of nitrogens with zero attached hydrogens (tertiary/aromatic N) is 2. The maximum absolute atomic E-state index is 13.1. The van der Waals surface area contributed by atoms with E-state index in [1.165, 1.54) is 21.3 Å². The minimum atomic E-state index is -0.285. The molecule has 2 N–H and O–H groups in total. The van der Waals surface area contributed by atoms with Gasteiger partial charge in [0, 0.05) is 37.8 Å². The molecule has 9 nitrogen and oxygen atoms in total. The van der Waals surface area contributed by atoms with Crippen LogP contribution in [0, 0.1) is 0 Å². The first-order valence-corrected chi connectivity index (χ1v) is 11.0. The van der Waals surface area contributed by atoms with Gasteiger partial charge in [-0.05, 0) is 24.1 Å². The molecule has 2 aliphatic heterocycles. The van der Waals surface area contributed by atoms with E-state index in [1.54, 1.807) is 17.0 Å². The number of benzene rings is 2. The van der Waals surface area contributed by atoms with E-state index in [-0.39, 0.29) is 23.9 Å². The molecule has 176 valence electrons. The van der Waals surface area contributed by atoms with E-state index in [0.717, 1.165) is 5.56 Å². The Bertz CT molecular complexity index is 967. The normalized spacial score (nSPS) is 20.5. The molecule has 33 heavy (non-hydrogen) atoms. The van der Waals surface area contributed by atoms with Crippen LogP contribution in [0.25, 0.3) is 0 Å². The first-order valence-electron chi connectivity index (χ1n) is 11.0. The summed E-state index contributed by atoms with van der Waals surface area (Å²) in [6.07, 6.45) is 0.688. The molecule has 2 aromatic carbocycles. The number of carbonyl (C=O) groups excluding carboxylic acids is 2. The standard InChI is InChI=1S/C24H30N4O5/c1-31-20-13-17(14-21(32-2)22(20)33-3)23(29)27-9-11-28(12-10-27)24(30)19-15-18(25-26-19)16-7-5-4-6-8-16/h4-8,13-14,18-19,25-26H,9-12,15H2,1-3H3. The van der Waals surface area contributed by atoms with Crippen molar-refractivity contribution in [3.8, 4) is 17.2 Å². The fourth-order valence-electron chi connectivity index (χ4n) is 4.36. The highest BCUT2D eigenvalue weighted by atomic mass is 16.5. The predicted octanol–water partition coefficient (Wildman–Crippen LogP) is 1.60. The van der Waals surface area contributed by atoms with Crippen LogP contribution in [-0.4, -0.2) is 75.2 Å². The maximum atomic E-state index is 13.1. The van der Waals surface area contributed by atoms with Gasteiger partial charge in [0.05, 0.1) is 21.3 Å². The Hall–Kier alpha value is -3.30. The number of hydrogen-bond donors (Lipinski definition) is 2. The molecule has 2 atom stereocenters. The Balaban J connectivity index is 1.36. The SMILES string of the molecule is COc1cc(C(=O)N2CCN(C(=O)C3CC(c4ccccc4)NN3)CC2)cc(OC)c1OC. The molecule has 2 unspecified atom stereocenters. The van der Waals surface area contributed by atoms with Gasteiger partial charge < -0.3 is 24.0 Å². The summed E-state index contributed by atoms with van der Waals surface area (Å²) in [7, 11) is 4.56. The van der Waals surface area contributed by atoms with Crippen LogP contribution in [0.4, 0.5) is 0 Å². The first kappa shape index (κ1) is 22.9. The number of hydrogen-bond acceptors (Lipinski definition) is 7. The number of methoxy groups -OCH3 is 3. The monoisotopic (exact) mass is 454 g/mol. The highest BCUT2D eigenvalue weighted by molar-refractivity contribution is 5.96. The zero-order valence-electron chi connectivity index (χ0n) is 19.2. The van der Waals surface area contributed by atoms with Crippen molar-refractivity contribution < 1.29 is 23.8 Å². The summed E-state index contributed by atoms with van der Waals surface area (Å²) >= 11 is 0. The van der Waals surface area contributed by atoms with Gasteiger partial charge in [-0.25, -0.2) is 10.9 Å². The van der Waals surface area contributed by atoms with E-state index in [9.17, 15) is 9.59 Å². The van der Waals surface area contributed by atoms with E-state index in [4.69, 9.17) is 14.2 Å². The Morgan fingerprint density at radius 2 is 1.45 bits per heavy atom. The Morgan fingerprint density at radius 1 is 0.848 bits per heavy atom. The van der Waals surface area contributed by atoms with Crippen molar-refractivity contribution in [2.75, 3.05) is 47.5 Å². The maximum Gasteiger partial charge on any atom is 0.254 e. The van der Waals surface area contributed by atoms with Gasteiger partial charge in [0.2, 0.25) is 11.7 Å². The highest BCUT2D eigenvalue weighted by Crippen LogP contribution is 2.38. The summed E-state index contributed by atoms with van der Waals surface area (Å²) in [6, 6.07) is 13.2. The average molecular weight is 455 g/mol. The second-order valence-electron chi connectivity index (χ2n) is 8.07. The quantitative estimate of drug-likeness (QED) is 0.685. The summed E-state index contributed by atoms with van der Waals surface area (Å²) in [5.41, 5.74) is 7.97. The van der Waals surface area contributed by atoms with Crippen molar-refractivity contribution in [1.82, 2.24) is 20.7 Å². The van der Waals surface area contributed by atoms with Crippen molar-refractivity contribution in [3.63, 3.8) is 0 Å². The number of carbonyl (C=O) groups is 2. The van der Waals surface area contributed by atoms with Gasteiger partial charge in [0.25, 0.3) is 5.91 Å². The van der Waals surface area contributed by atoms with Crippen molar-refractivity contribution in [3.05, 3.63) is 53.6 Å². The first-order chi connectivity index (χ1) is 16.0. The van der Waals surface area contributed by atoms with Crippen LogP contribution in [0.15, 0.2) is 42.5 Å². The summed E-state index contributed by atoms with van der Waals surface area (Å²) in [5, 5.41) is 0. The molecule has 0 radical (unpaired) electrons. The van der Waals surface area contributed by atoms with E-state index < -0.39 is 0 Å². The molecule has 2 aromatic rings. The average Bonchev–Trinajstić information content (AvgIpc) is 3.38. The molecule has 2 fully saturated rings. The lowest BCUT2D eigenvalue weighted by molar-refractivity contribution is -0.134. The summed E-state index contributed by atoms with van der Waals surface area (Å²) in [5.74, 6) is 1.23. The lowest BCUT2D eigenvalue weighted by Gasteiger charge is -2.36. The minimum absolute atomic E-state index is 0.0563. The van der Waals surface area contributed by atoms with Crippen LogP contribution in [0.1, 0.15) is 28.4 Å². The second-order valence-corrected chi connectivity index (χ2v) is 8.07. The van der Waals surface area contributed by atoms with E-state index in [2.05, 4.69) is 23.0 Å². The van der Waals surface area contributed by atoms with Crippen LogP contribution in [-0.2, 0) is 4.79 Å². The predicted molar refractivity (Wildman–Crippen MR) is 122 cm³/mol. The molecule has 0 saturated carbocycles. The molecule has 0 spiro atoms. The number of hydrazine groups is 1. The smallest absolute Gasteiger partial charge is 0.254 e. The van der Waals surface area contributed by atoms with Crippen molar-refractivity contribution in [1.29, 1.82) is 0 Å². The third-order valence-corrected chi connectivity index (χ3v) is 6.19. The fraction of sp³-hybridized carbons (Fsp3) is 0.417. The molecular formula is C24H30N4O5. The zero-order chi connectivity index (χ0) is 23.4. The number of piperazine rings is 1. The third-order valence-electron chi connectivity index (χ3n) is 6.19. The van der Waals surface area contributed by atoms with Crippen molar-refractivity contribution >= 4 is 11.8 Å². The van der Waals surface area contributed by atoms with Gasteiger partial charge in [0.1, 0.15) is 6.04 Å². The third kappa shape index (κ3) is 4.74. The Kier molecular flexibility index (Phi) is 7.00. The summed E-state index contributed by atoms with van der Waals surface area (Å²) in [6.45, 7) is 1.90. The van der Waals surface area contributed by atoms with E-state index in [0.29, 0.717) is 55.4 Å². The Morgan fingerprint density at radius 3 is 2.03 bits per heavy atom. The van der Waals surface area contributed by atoms with Gasteiger partial charge in [-0.3, -0.25) is 9.59 Å². The summed E-state index contributed by atoms with van der Waals surface area (Å²) < 4.78 is 16.1. The van der Waals surface area contributed by atoms with Crippen LogP contribution in [0.2, 0.25) is 0 Å². The molecule has 2 saturated heterocycles. The number of rotatable bonds is 6. The van der Waals surface area contributed by atoms with Crippen molar-refractivity contribution in [2.24, 2.45) is 0 Å².